The van der Waals surface area contributed by atoms with Crippen LogP contribution in [-0.4, -0.2) is 46.4 Å². The summed E-state index contributed by atoms with van der Waals surface area (Å²) in [6.45, 7) is 3.49. The predicted octanol–water partition coefficient (Wildman–Crippen LogP) is 15.7. The van der Waals surface area contributed by atoms with E-state index in [1.807, 2.05) is 72.8 Å². The van der Waals surface area contributed by atoms with Crippen molar-refractivity contribution in [1.29, 1.82) is 0 Å². The summed E-state index contributed by atoms with van der Waals surface area (Å²) in [6, 6.07) is 40.7. The smallest absolute Gasteiger partial charge is 0.148 e. The van der Waals surface area contributed by atoms with Gasteiger partial charge in [-0.2, -0.15) is 0 Å². The van der Waals surface area contributed by atoms with E-state index in [1.165, 1.54) is 57.8 Å². The van der Waals surface area contributed by atoms with E-state index in [0.717, 1.165) is 102 Å². The highest BCUT2D eigenvalue weighted by Gasteiger charge is 2.20. The zero-order valence-corrected chi connectivity index (χ0v) is 41.5. The number of terminal acetylenes is 3. The summed E-state index contributed by atoms with van der Waals surface area (Å²) in [5.41, 5.74) is 14.1. The molecule has 364 valence electrons. The molecule has 0 atom stereocenters. The Bertz CT molecular complexity index is 3320. The summed E-state index contributed by atoms with van der Waals surface area (Å²) in [5, 5.41) is 0. The molecule has 0 unspecified atom stereocenters. The Labute approximate surface area is 429 Å². The SMILES string of the molecule is C#CCOc1ccc(-c2c3nc(c(-c4ccc(OCC#C)cc4)c4ccc([nH]4)c(-c4ccc(OCCCCCCCCCCCC)cc4)c4nc(c(-c5ccc(OCC#C)cc5)c5ccc2[nH]5)C=C4)C=C3)cc1. The summed E-state index contributed by atoms with van der Waals surface area (Å²) < 4.78 is 23.7. The minimum absolute atomic E-state index is 0.173. The van der Waals surface area contributed by atoms with Crippen molar-refractivity contribution in [2.24, 2.45) is 0 Å². The standard InChI is InChI=1S/C65H60N4O4/c1-5-9-10-11-12-13-14-15-16-17-45-73-53-32-24-49(25-33-53)65-60-40-38-58(68-60)63(47-20-28-51(29-21-47)71-43-7-3)56-36-34-54(66-56)62(46-18-26-50(27-19-46)70-42-6-2)55-35-37-57(67-55)64(59-39-41-61(65)69-59)48-22-30-52(31-23-48)72-44-8-4/h2-4,18-41,66,69H,5,9-17,42-45H2,1H3. The Morgan fingerprint density at radius 1 is 0.356 bits per heavy atom. The summed E-state index contributed by atoms with van der Waals surface area (Å²) in [6.07, 6.45) is 37.7. The monoisotopic (exact) mass is 960 g/mol. The first-order chi connectivity index (χ1) is 36.0. The lowest BCUT2D eigenvalue weighted by atomic mass is 10.0. The number of fused-ring (bicyclic) bond motifs is 8. The van der Waals surface area contributed by atoms with Crippen molar-refractivity contribution in [3.63, 3.8) is 0 Å². The normalized spacial score (nSPS) is 11.4. The molecule has 7 aromatic rings. The number of aromatic nitrogens is 4. The van der Waals surface area contributed by atoms with E-state index in [-0.39, 0.29) is 19.8 Å². The number of rotatable bonds is 22. The molecule has 0 saturated heterocycles. The van der Waals surface area contributed by atoms with Crippen molar-refractivity contribution in [2.75, 3.05) is 26.4 Å². The van der Waals surface area contributed by atoms with Crippen LogP contribution in [0.25, 0.3) is 90.9 Å². The largest absolute Gasteiger partial charge is 0.494 e. The highest BCUT2D eigenvalue weighted by atomic mass is 16.5. The number of nitrogens with zero attached hydrogens (tertiary/aromatic N) is 2. The maximum Gasteiger partial charge on any atom is 0.148 e. The molecule has 4 aromatic carbocycles. The summed E-state index contributed by atoms with van der Waals surface area (Å²) in [4.78, 5) is 18.6. The van der Waals surface area contributed by atoms with Crippen LogP contribution in [0.4, 0.5) is 0 Å². The van der Waals surface area contributed by atoms with Crippen molar-refractivity contribution in [1.82, 2.24) is 19.9 Å². The van der Waals surface area contributed by atoms with Crippen LogP contribution < -0.4 is 18.9 Å². The number of aromatic amines is 2. The van der Waals surface area contributed by atoms with E-state index in [0.29, 0.717) is 23.9 Å². The van der Waals surface area contributed by atoms with Crippen molar-refractivity contribution < 1.29 is 18.9 Å². The Hall–Kier alpha value is -8.64. The minimum atomic E-state index is 0.173. The van der Waals surface area contributed by atoms with E-state index in [9.17, 15) is 0 Å². The Morgan fingerprint density at radius 2 is 0.630 bits per heavy atom. The summed E-state index contributed by atoms with van der Waals surface area (Å²) in [7, 11) is 0. The van der Waals surface area contributed by atoms with Crippen molar-refractivity contribution in [3.05, 3.63) is 144 Å². The van der Waals surface area contributed by atoms with Gasteiger partial charge in [-0.25, -0.2) is 9.97 Å². The topological polar surface area (TPSA) is 94.3 Å². The van der Waals surface area contributed by atoms with E-state index in [4.69, 9.17) is 48.2 Å². The molecule has 0 spiro atoms. The third-order valence-corrected chi connectivity index (χ3v) is 13.1. The molecule has 2 aliphatic heterocycles. The molecule has 73 heavy (non-hydrogen) atoms. The third kappa shape index (κ3) is 12.1. The fourth-order valence-corrected chi connectivity index (χ4v) is 9.45. The van der Waals surface area contributed by atoms with E-state index < -0.39 is 0 Å². The highest BCUT2D eigenvalue weighted by Crippen LogP contribution is 2.39. The molecule has 0 fully saturated rings. The number of benzene rings is 4. The van der Waals surface area contributed by atoms with Gasteiger partial charge in [0.1, 0.15) is 42.8 Å². The average Bonchev–Trinajstić information content (AvgIpc) is 4.29. The fourth-order valence-electron chi connectivity index (χ4n) is 9.45. The van der Waals surface area contributed by atoms with Gasteiger partial charge in [-0.3, -0.25) is 0 Å². The molecule has 0 radical (unpaired) electrons. The first-order valence-corrected chi connectivity index (χ1v) is 25.4. The summed E-state index contributed by atoms with van der Waals surface area (Å²) >= 11 is 0. The molecule has 8 nitrogen and oxygen atoms in total. The number of unbranched alkanes of at least 4 members (excludes halogenated alkanes) is 9. The third-order valence-electron chi connectivity index (χ3n) is 13.1. The quantitative estimate of drug-likeness (QED) is 0.0519. The molecule has 5 heterocycles. The van der Waals surface area contributed by atoms with Gasteiger partial charge in [0.2, 0.25) is 0 Å². The molecule has 3 aromatic heterocycles. The van der Waals surface area contributed by atoms with Gasteiger partial charge in [0, 0.05) is 44.3 Å². The van der Waals surface area contributed by atoms with Crippen molar-refractivity contribution in [3.8, 4) is 105 Å². The van der Waals surface area contributed by atoms with Crippen LogP contribution in [0.5, 0.6) is 23.0 Å². The number of H-pyrrole nitrogens is 2. The first-order valence-electron chi connectivity index (χ1n) is 25.4. The molecular formula is C65H60N4O4. The van der Waals surface area contributed by atoms with Gasteiger partial charge < -0.3 is 28.9 Å². The van der Waals surface area contributed by atoms with Crippen LogP contribution in [0, 0.1) is 37.0 Å². The molecule has 8 bridgehead atoms. The molecule has 9 rings (SSSR count). The zero-order valence-electron chi connectivity index (χ0n) is 41.5. The Balaban J connectivity index is 1.19. The molecule has 2 N–H and O–H groups in total. The van der Waals surface area contributed by atoms with Crippen LogP contribution in [0.1, 0.15) is 93.9 Å². The van der Waals surface area contributed by atoms with Crippen LogP contribution in [-0.2, 0) is 0 Å². The van der Waals surface area contributed by atoms with Crippen molar-refractivity contribution in [2.45, 2.75) is 71.1 Å². The van der Waals surface area contributed by atoms with Gasteiger partial charge in [-0.05, 0) is 126 Å². The second-order valence-electron chi connectivity index (χ2n) is 18.1. The van der Waals surface area contributed by atoms with Gasteiger partial charge >= 0.3 is 0 Å². The van der Waals surface area contributed by atoms with E-state index in [2.05, 4.69) is 107 Å². The zero-order chi connectivity index (χ0) is 50.2. The van der Waals surface area contributed by atoms with Gasteiger partial charge in [-0.1, -0.05) is 131 Å². The van der Waals surface area contributed by atoms with Crippen LogP contribution in [0.3, 0.4) is 0 Å². The van der Waals surface area contributed by atoms with Gasteiger partial charge in [0.05, 0.1) is 29.4 Å². The van der Waals surface area contributed by atoms with E-state index >= 15 is 0 Å². The molecule has 0 aliphatic carbocycles. The van der Waals surface area contributed by atoms with Crippen molar-refractivity contribution >= 4 is 46.4 Å². The highest BCUT2D eigenvalue weighted by molar-refractivity contribution is 6.00. The van der Waals surface area contributed by atoms with Gasteiger partial charge in [0.15, 0.2) is 0 Å². The number of nitrogens with one attached hydrogen (secondary N) is 2. The second-order valence-corrected chi connectivity index (χ2v) is 18.1. The Kier molecular flexibility index (Phi) is 16.5. The lowest BCUT2D eigenvalue weighted by Gasteiger charge is -2.09. The van der Waals surface area contributed by atoms with Crippen LogP contribution >= 0.6 is 0 Å². The molecule has 8 heteroatoms. The molecule has 0 saturated carbocycles. The lowest BCUT2D eigenvalue weighted by Crippen LogP contribution is -1.97. The fraction of sp³-hybridized carbons (Fsp3) is 0.231. The molecule has 2 aliphatic rings. The number of ether oxygens (including phenoxy) is 4. The second kappa shape index (κ2) is 24.5. The lowest BCUT2D eigenvalue weighted by molar-refractivity contribution is 0.304. The Morgan fingerprint density at radius 3 is 0.918 bits per heavy atom. The molecule has 0 amide bonds. The first kappa shape index (κ1) is 49.3. The summed E-state index contributed by atoms with van der Waals surface area (Å²) in [5.74, 6) is 10.6. The van der Waals surface area contributed by atoms with E-state index in [1.54, 1.807) is 0 Å². The maximum absolute atomic E-state index is 6.30. The molecular weight excluding hydrogens is 901 g/mol. The average molecular weight is 961 g/mol. The van der Waals surface area contributed by atoms with Crippen LogP contribution in [0.15, 0.2) is 121 Å². The number of hydrogen-bond donors (Lipinski definition) is 2. The predicted molar refractivity (Wildman–Crippen MR) is 301 cm³/mol. The maximum atomic E-state index is 6.30. The van der Waals surface area contributed by atoms with Gasteiger partial charge in [0.25, 0.3) is 0 Å². The minimum Gasteiger partial charge on any atom is -0.494 e. The van der Waals surface area contributed by atoms with Crippen LogP contribution in [0.2, 0.25) is 0 Å². The number of hydrogen-bond acceptors (Lipinski definition) is 6. The van der Waals surface area contributed by atoms with Gasteiger partial charge in [-0.15, -0.1) is 19.3 Å².